The van der Waals surface area contributed by atoms with Crippen LogP contribution in [0.2, 0.25) is 10.0 Å². The molecule has 2 amide bonds. The number of benzene rings is 1. The van der Waals surface area contributed by atoms with E-state index in [0.717, 1.165) is 37.2 Å². The van der Waals surface area contributed by atoms with Crippen LogP contribution in [0.4, 0.5) is 0 Å². The Morgan fingerprint density at radius 1 is 1.15 bits per heavy atom. The predicted octanol–water partition coefficient (Wildman–Crippen LogP) is 5.02. The summed E-state index contributed by atoms with van der Waals surface area (Å²) < 4.78 is 3.82. The van der Waals surface area contributed by atoms with Crippen molar-refractivity contribution in [3.8, 4) is 0 Å². The Hall–Kier alpha value is -1.50. The zero-order chi connectivity index (χ0) is 18.7. The molecule has 138 valence electrons. The first-order valence-corrected chi connectivity index (χ1v) is 10.1. The van der Waals surface area contributed by atoms with Gasteiger partial charge in [-0.05, 0) is 55.4 Å². The van der Waals surface area contributed by atoms with E-state index in [-0.39, 0.29) is 11.8 Å². The summed E-state index contributed by atoms with van der Waals surface area (Å²) in [6, 6.07) is 4.67. The van der Waals surface area contributed by atoms with Crippen molar-refractivity contribution in [1.29, 1.82) is 0 Å². The van der Waals surface area contributed by atoms with Gasteiger partial charge in [-0.1, -0.05) is 47.0 Å². The predicted molar refractivity (Wildman–Crippen MR) is 103 cm³/mol. The number of aromatic nitrogens is 2. The van der Waals surface area contributed by atoms with E-state index < -0.39 is 0 Å². The van der Waals surface area contributed by atoms with Gasteiger partial charge in [0, 0.05) is 12.1 Å². The Labute approximate surface area is 166 Å². The zero-order valence-corrected chi connectivity index (χ0v) is 16.7. The average Bonchev–Trinajstić information content (AvgIpc) is 3.08. The van der Waals surface area contributed by atoms with Crippen molar-refractivity contribution in [3.05, 3.63) is 44.4 Å². The van der Waals surface area contributed by atoms with E-state index >= 15 is 0 Å². The minimum Gasteiger partial charge on any atom is -0.273 e. The quantitative estimate of drug-likeness (QED) is 0.662. The molecular formula is C18H19Cl2N3O2S. The van der Waals surface area contributed by atoms with Crippen LogP contribution in [-0.4, -0.2) is 32.8 Å². The van der Waals surface area contributed by atoms with E-state index in [2.05, 4.69) is 9.59 Å². The molecule has 1 aliphatic rings. The lowest BCUT2D eigenvalue weighted by Crippen LogP contribution is -2.40. The molecule has 26 heavy (non-hydrogen) atoms. The van der Waals surface area contributed by atoms with Crippen LogP contribution in [0, 0.1) is 12.8 Å². The average molecular weight is 412 g/mol. The van der Waals surface area contributed by atoms with Gasteiger partial charge in [0.1, 0.15) is 4.88 Å². The summed E-state index contributed by atoms with van der Waals surface area (Å²) in [6.07, 6.45) is 5.53. The number of hydrogen-bond donors (Lipinski definition) is 0. The fourth-order valence-corrected chi connectivity index (χ4v) is 4.13. The number of hydrogen-bond acceptors (Lipinski definition) is 5. The highest BCUT2D eigenvalue weighted by atomic mass is 35.5. The van der Waals surface area contributed by atoms with Gasteiger partial charge in [0.15, 0.2) is 0 Å². The normalized spacial score (nSPS) is 15.0. The summed E-state index contributed by atoms with van der Waals surface area (Å²) in [5.74, 6) is -0.397. The molecule has 5 nitrogen and oxygen atoms in total. The van der Waals surface area contributed by atoms with Crippen molar-refractivity contribution in [2.24, 2.45) is 5.92 Å². The van der Waals surface area contributed by atoms with Gasteiger partial charge < -0.3 is 0 Å². The molecule has 0 unspecified atom stereocenters. The number of amides is 2. The van der Waals surface area contributed by atoms with Crippen LogP contribution >= 0.6 is 34.7 Å². The Balaban J connectivity index is 1.90. The van der Waals surface area contributed by atoms with Crippen LogP contribution < -0.4 is 0 Å². The van der Waals surface area contributed by atoms with Crippen molar-refractivity contribution in [2.45, 2.75) is 39.0 Å². The first kappa shape index (κ1) is 19.3. The first-order chi connectivity index (χ1) is 12.5. The van der Waals surface area contributed by atoms with E-state index in [1.165, 1.54) is 17.4 Å². The maximum atomic E-state index is 13.1. The maximum absolute atomic E-state index is 13.1. The van der Waals surface area contributed by atoms with Crippen LogP contribution in [0.1, 0.15) is 57.8 Å². The van der Waals surface area contributed by atoms with Crippen LogP contribution in [0.3, 0.4) is 0 Å². The van der Waals surface area contributed by atoms with Crippen molar-refractivity contribution >= 4 is 46.5 Å². The zero-order valence-electron chi connectivity index (χ0n) is 14.4. The lowest BCUT2D eigenvalue weighted by Gasteiger charge is -2.28. The van der Waals surface area contributed by atoms with Gasteiger partial charge in [-0.15, -0.1) is 5.10 Å². The topological polar surface area (TPSA) is 63.2 Å². The molecule has 2 aromatic rings. The summed E-state index contributed by atoms with van der Waals surface area (Å²) in [6.45, 7) is 2.12. The highest BCUT2D eigenvalue weighted by molar-refractivity contribution is 7.08. The van der Waals surface area contributed by atoms with Crippen LogP contribution in [0.15, 0.2) is 18.2 Å². The standard InChI is InChI=1S/C18H19Cl2N3O2S/c1-11-16(26-22-21-11)18(25)23(10-12-5-3-2-4-6-12)17(24)13-7-8-14(19)15(20)9-13/h7-9,12H,2-6,10H2,1H3. The number of imide groups is 1. The van der Waals surface area contributed by atoms with Gasteiger partial charge >= 0.3 is 0 Å². The number of aryl methyl sites for hydroxylation is 1. The fraction of sp³-hybridized carbons (Fsp3) is 0.444. The molecule has 8 heteroatoms. The van der Waals surface area contributed by atoms with Gasteiger partial charge in [0.2, 0.25) is 0 Å². The second-order valence-corrected chi connectivity index (χ2v) is 8.11. The van der Waals surface area contributed by atoms with Gasteiger partial charge in [-0.25, -0.2) is 0 Å². The number of rotatable bonds is 4. The summed E-state index contributed by atoms with van der Waals surface area (Å²) in [7, 11) is 0. The minimum atomic E-state index is -0.369. The number of halogens is 2. The largest absolute Gasteiger partial charge is 0.274 e. The molecule has 1 aromatic heterocycles. The van der Waals surface area contributed by atoms with Crippen LogP contribution in [0.5, 0.6) is 0 Å². The number of carbonyl (C=O) groups excluding carboxylic acids is 2. The second-order valence-electron chi connectivity index (χ2n) is 6.54. The van der Waals surface area contributed by atoms with E-state index in [4.69, 9.17) is 23.2 Å². The summed E-state index contributed by atoms with van der Waals surface area (Å²) in [5, 5.41) is 4.56. The Morgan fingerprint density at radius 3 is 2.50 bits per heavy atom. The lowest BCUT2D eigenvalue weighted by molar-refractivity contribution is 0.0580. The van der Waals surface area contributed by atoms with Crippen molar-refractivity contribution in [3.63, 3.8) is 0 Å². The van der Waals surface area contributed by atoms with Crippen molar-refractivity contribution < 1.29 is 9.59 Å². The molecule has 0 spiro atoms. The van der Waals surface area contributed by atoms with Crippen LogP contribution in [0.25, 0.3) is 0 Å². The molecule has 1 aliphatic carbocycles. The molecule has 3 rings (SSSR count). The molecular weight excluding hydrogens is 393 g/mol. The van der Waals surface area contributed by atoms with E-state index in [0.29, 0.717) is 38.6 Å². The van der Waals surface area contributed by atoms with E-state index in [1.54, 1.807) is 19.1 Å². The molecule has 1 aromatic carbocycles. The first-order valence-electron chi connectivity index (χ1n) is 8.57. The second kappa shape index (κ2) is 8.46. The highest BCUT2D eigenvalue weighted by Crippen LogP contribution is 2.28. The molecule has 0 atom stereocenters. The Kier molecular flexibility index (Phi) is 6.27. The number of nitrogens with zero attached hydrogens (tertiary/aromatic N) is 3. The molecule has 1 heterocycles. The third-order valence-corrected chi connectivity index (χ3v) is 6.22. The van der Waals surface area contributed by atoms with Crippen molar-refractivity contribution in [1.82, 2.24) is 14.5 Å². The SMILES string of the molecule is Cc1nnsc1C(=O)N(CC1CCCCC1)C(=O)c1ccc(Cl)c(Cl)c1. The van der Waals surface area contributed by atoms with Gasteiger partial charge in [0.25, 0.3) is 11.8 Å². The summed E-state index contributed by atoms with van der Waals surface area (Å²) in [5.41, 5.74) is 0.884. The monoisotopic (exact) mass is 411 g/mol. The van der Waals surface area contributed by atoms with Gasteiger partial charge in [-0.2, -0.15) is 0 Å². The molecule has 0 bridgehead atoms. The lowest BCUT2D eigenvalue weighted by atomic mass is 9.88. The molecule has 1 fully saturated rings. The van der Waals surface area contributed by atoms with Crippen molar-refractivity contribution in [2.75, 3.05) is 6.54 Å². The molecule has 0 aliphatic heterocycles. The van der Waals surface area contributed by atoms with E-state index in [1.807, 2.05) is 0 Å². The Morgan fingerprint density at radius 2 is 1.88 bits per heavy atom. The van der Waals surface area contributed by atoms with Crippen LogP contribution in [-0.2, 0) is 0 Å². The minimum absolute atomic E-state index is 0.290. The smallest absolute Gasteiger partial charge is 0.273 e. The summed E-state index contributed by atoms with van der Waals surface area (Å²) >= 11 is 13.0. The molecule has 0 N–H and O–H groups in total. The highest BCUT2D eigenvalue weighted by Gasteiger charge is 2.30. The third-order valence-electron chi connectivity index (χ3n) is 4.67. The third kappa shape index (κ3) is 4.24. The molecule has 0 saturated heterocycles. The summed E-state index contributed by atoms with van der Waals surface area (Å²) in [4.78, 5) is 27.9. The number of carbonyl (C=O) groups is 2. The maximum Gasteiger partial charge on any atom is 0.274 e. The van der Waals surface area contributed by atoms with E-state index in [9.17, 15) is 9.59 Å². The van der Waals surface area contributed by atoms with Gasteiger partial charge in [-0.3, -0.25) is 14.5 Å². The Bertz CT molecular complexity index is 819. The molecule has 1 saturated carbocycles. The van der Waals surface area contributed by atoms with Gasteiger partial charge in [0.05, 0.1) is 15.7 Å². The molecule has 0 radical (unpaired) electrons. The fourth-order valence-electron chi connectivity index (χ4n) is 3.22.